The molecule has 7 N–H and O–H groups in total. The van der Waals surface area contributed by atoms with Crippen molar-refractivity contribution in [3.8, 4) is 23.0 Å². The number of benzene rings is 2. The van der Waals surface area contributed by atoms with Crippen LogP contribution in [0.1, 0.15) is 22.6 Å². The molecule has 0 radical (unpaired) electrons. The maximum Gasteiger partial charge on any atom is 0.186 e. The SMILES string of the molecule is COc1cc(C[C@H](CO[C@@H]2O[C@@H](CO)[C@@H](O)[C@@H](O)[C@H]2O)c2cc(C=CCO)cc(OC)c2O)ccc1O. The van der Waals surface area contributed by atoms with Gasteiger partial charge in [0.25, 0.3) is 0 Å². The second kappa shape index (κ2) is 13.1. The maximum atomic E-state index is 11.0. The van der Waals surface area contributed by atoms with Crippen LogP contribution in [0.3, 0.4) is 0 Å². The van der Waals surface area contributed by atoms with Crippen LogP contribution in [0.5, 0.6) is 23.0 Å². The molecule has 204 valence electrons. The van der Waals surface area contributed by atoms with Crippen LogP contribution in [0.2, 0.25) is 0 Å². The Kier molecular flexibility index (Phi) is 10.1. The van der Waals surface area contributed by atoms with Crippen molar-refractivity contribution in [2.24, 2.45) is 0 Å². The highest BCUT2D eigenvalue weighted by molar-refractivity contribution is 5.60. The molecule has 1 aliphatic heterocycles. The number of hydrogen-bond donors (Lipinski definition) is 7. The second-order valence-electron chi connectivity index (χ2n) is 8.68. The molecule has 2 aromatic carbocycles. The van der Waals surface area contributed by atoms with Crippen molar-refractivity contribution in [3.05, 3.63) is 53.1 Å². The molecule has 0 spiro atoms. The lowest BCUT2D eigenvalue weighted by molar-refractivity contribution is -0.301. The number of aliphatic hydroxyl groups is 5. The van der Waals surface area contributed by atoms with Crippen LogP contribution in [-0.4, -0.2) is 100 Å². The van der Waals surface area contributed by atoms with E-state index in [0.717, 1.165) is 5.56 Å². The molecule has 1 heterocycles. The van der Waals surface area contributed by atoms with Crippen molar-refractivity contribution >= 4 is 6.08 Å². The van der Waals surface area contributed by atoms with E-state index < -0.39 is 43.2 Å². The summed E-state index contributed by atoms with van der Waals surface area (Å²) in [5, 5.41) is 70.1. The van der Waals surface area contributed by atoms with E-state index in [0.29, 0.717) is 11.1 Å². The Morgan fingerprint density at radius 1 is 0.946 bits per heavy atom. The predicted molar refractivity (Wildman–Crippen MR) is 132 cm³/mol. The van der Waals surface area contributed by atoms with Gasteiger partial charge in [-0.3, -0.25) is 0 Å². The first-order chi connectivity index (χ1) is 17.7. The van der Waals surface area contributed by atoms with Crippen molar-refractivity contribution in [1.29, 1.82) is 0 Å². The number of aromatic hydroxyl groups is 2. The monoisotopic (exact) mass is 522 g/mol. The molecular weight excluding hydrogens is 488 g/mol. The van der Waals surface area contributed by atoms with Crippen LogP contribution in [0.15, 0.2) is 36.4 Å². The van der Waals surface area contributed by atoms with E-state index in [1.165, 1.54) is 26.4 Å². The summed E-state index contributed by atoms with van der Waals surface area (Å²) in [6, 6.07) is 8.10. The van der Waals surface area contributed by atoms with Gasteiger partial charge in [-0.2, -0.15) is 0 Å². The van der Waals surface area contributed by atoms with Gasteiger partial charge in [-0.1, -0.05) is 18.2 Å². The fourth-order valence-corrected chi connectivity index (χ4v) is 4.21. The highest BCUT2D eigenvalue weighted by Crippen LogP contribution is 2.39. The molecule has 11 nitrogen and oxygen atoms in total. The Morgan fingerprint density at radius 3 is 2.32 bits per heavy atom. The van der Waals surface area contributed by atoms with Gasteiger partial charge in [0.2, 0.25) is 0 Å². The molecule has 0 bridgehead atoms. The van der Waals surface area contributed by atoms with Gasteiger partial charge in [0.15, 0.2) is 29.3 Å². The summed E-state index contributed by atoms with van der Waals surface area (Å²) in [5.41, 5.74) is 1.79. The molecule has 0 aliphatic carbocycles. The zero-order valence-electron chi connectivity index (χ0n) is 20.6. The van der Waals surface area contributed by atoms with E-state index in [1.807, 2.05) is 0 Å². The third-order valence-corrected chi connectivity index (χ3v) is 6.24. The number of hydrogen-bond acceptors (Lipinski definition) is 11. The number of aliphatic hydroxyl groups excluding tert-OH is 5. The Morgan fingerprint density at radius 2 is 1.68 bits per heavy atom. The molecule has 1 fully saturated rings. The molecule has 37 heavy (non-hydrogen) atoms. The number of ether oxygens (including phenoxy) is 4. The minimum atomic E-state index is -1.60. The van der Waals surface area contributed by atoms with E-state index in [9.17, 15) is 35.7 Å². The number of phenols is 2. The first kappa shape index (κ1) is 28.7. The molecule has 6 atom stereocenters. The first-order valence-corrected chi connectivity index (χ1v) is 11.7. The summed E-state index contributed by atoms with van der Waals surface area (Å²) >= 11 is 0. The van der Waals surface area contributed by atoms with Crippen LogP contribution in [-0.2, 0) is 15.9 Å². The molecule has 0 saturated carbocycles. The van der Waals surface area contributed by atoms with Crippen LogP contribution >= 0.6 is 0 Å². The van der Waals surface area contributed by atoms with E-state index in [4.69, 9.17) is 18.9 Å². The standard InChI is InChI=1S/C26H34O11/c1-34-19-10-15(5-6-18(19)29)8-16(13-36-26-25(33)24(32)23(31)21(12-28)37-26)17-9-14(4-3-7-27)11-20(35-2)22(17)30/h3-6,9-11,16,21,23-33H,7-8,12-13H2,1-2H3/t16-,21+,23-,24-,25-,26-/m1/s1. The Bertz CT molecular complexity index is 1060. The number of methoxy groups -OCH3 is 2. The quantitative estimate of drug-likeness (QED) is 0.215. The van der Waals surface area contributed by atoms with Gasteiger partial charge in [-0.25, -0.2) is 0 Å². The molecule has 0 unspecified atom stereocenters. The van der Waals surface area contributed by atoms with Crippen LogP contribution in [0.25, 0.3) is 6.08 Å². The van der Waals surface area contributed by atoms with Gasteiger partial charge in [0.05, 0.1) is 34.0 Å². The molecule has 1 saturated heterocycles. The lowest BCUT2D eigenvalue weighted by atomic mass is 9.90. The molecule has 0 aromatic heterocycles. The van der Waals surface area contributed by atoms with Gasteiger partial charge in [-0.15, -0.1) is 0 Å². The van der Waals surface area contributed by atoms with Crippen LogP contribution < -0.4 is 9.47 Å². The van der Waals surface area contributed by atoms with Crippen molar-refractivity contribution in [3.63, 3.8) is 0 Å². The van der Waals surface area contributed by atoms with Gasteiger partial charge >= 0.3 is 0 Å². The minimum absolute atomic E-state index is 0.0407. The molecule has 0 amide bonds. The first-order valence-electron chi connectivity index (χ1n) is 11.7. The molecular formula is C26H34O11. The minimum Gasteiger partial charge on any atom is -0.504 e. The second-order valence-corrected chi connectivity index (χ2v) is 8.68. The molecule has 3 rings (SSSR count). The summed E-state index contributed by atoms with van der Waals surface area (Å²) in [4.78, 5) is 0. The van der Waals surface area contributed by atoms with Crippen molar-refractivity contribution in [1.82, 2.24) is 0 Å². The summed E-state index contributed by atoms with van der Waals surface area (Å²) in [7, 11) is 2.83. The van der Waals surface area contributed by atoms with Gasteiger partial charge in [0, 0.05) is 11.5 Å². The largest absolute Gasteiger partial charge is 0.504 e. The zero-order valence-corrected chi connectivity index (χ0v) is 20.6. The fraction of sp³-hybridized carbons (Fsp3) is 0.462. The molecule has 2 aromatic rings. The summed E-state index contributed by atoms with van der Waals surface area (Å²) in [5.74, 6) is -0.306. The van der Waals surface area contributed by atoms with E-state index in [1.54, 1.807) is 30.3 Å². The molecule has 11 heteroatoms. The smallest absolute Gasteiger partial charge is 0.186 e. The normalized spacial score (nSPS) is 24.8. The average molecular weight is 523 g/mol. The van der Waals surface area contributed by atoms with Gasteiger partial charge < -0.3 is 54.7 Å². The fourth-order valence-electron chi connectivity index (χ4n) is 4.21. The van der Waals surface area contributed by atoms with E-state index in [2.05, 4.69) is 0 Å². The van der Waals surface area contributed by atoms with Crippen molar-refractivity contribution in [2.45, 2.75) is 43.0 Å². The van der Waals surface area contributed by atoms with E-state index >= 15 is 0 Å². The topological polar surface area (TPSA) is 179 Å². The van der Waals surface area contributed by atoms with Crippen LogP contribution in [0.4, 0.5) is 0 Å². The predicted octanol–water partition coefficient (Wildman–Crippen LogP) is 0.263. The summed E-state index contributed by atoms with van der Waals surface area (Å²) < 4.78 is 21.8. The highest BCUT2D eigenvalue weighted by Gasteiger charge is 2.44. The zero-order chi connectivity index (χ0) is 27.1. The van der Waals surface area contributed by atoms with Crippen molar-refractivity contribution < 1.29 is 54.7 Å². The summed E-state index contributed by atoms with van der Waals surface area (Å²) in [6.45, 7) is -0.913. The van der Waals surface area contributed by atoms with Gasteiger partial charge in [0.1, 0.15) is 24.4 Å². The Hall–Kier alpha value is -2.90. The molecule has 1 aliphatic rings. The van der Waals surface area contributed by atoms with Crippen LogP contribution in [0, 0.1) is 0 Å². The summed E-state index contributed by atoms with van der Waals surface area (Å²) in [6.07, 6.45) is -3.76. The third-order valence-electron chi connectivity index (χ3n) is 6.24. The lowest BCUT2D eigenvalue weighted by Crippen LogP contribution is -2.59. The maximum absolute atomic E-state index is 11.0. The Labute approximate surface area is 214 Å². The van der Waals surface area contributed by atoms with E-state index in [-0.39, 0.29) is 42.6 Å². The highest BCUT2D eigenvalue weighted by atomic mass is 16.7. The number of phenolic OH excluding ortho intramolecular Hbond substituents is 2. The van der Waals surface area contributed by atoms with Gasteiger partial charge in [-0.05, 0) is 41.8 Å². The third kappa shape index (κ3) is 6.70. The lowest BCUT2D eigenvalue weighted by Gasteiger charge is -2.40. The average Bonchev–Trinajstić information content (AvgIpc) is 2.90. The Balaban J connectivity index is 1.97. The number of rotatable bonds is 11. The van der Waals surface area contributed by atoms with Crippen molar-refractivity contribution in [2.75, 3.05) is 34.0 Å².